The molecule has 2 aromatic rings. The van der Waals surface area contributed by atoms with Crippen LogP contribution in [0.2, 0.25) is 0 Å². The van der Waals surface area contributed by atoms with Crippen LogP contribution in [0.5, 0.6) is 0 Å². The maximum Gasteiger partial charge on any atom is 0.194 e. The number of thiophene rings is 1. The summed E-state index contributed by atoms with van der Waals surface area (Å²) in [4.78, 5) is 9.72. The molecule has 7 heteroatoms. The normalized spacial score (nSPS) is 18.9. The van der Waals surface area contributed by atoms with E-state index in [9.17, 15) is 0 Å². The van der Waals surface area contributed by atoms with Gasteiger partial charge in [0.2, 0.25) is 0 Å². The van der Waals surface area contributed by atoms with Crippen molar-refractivity contribution < 1.29 is 4.74 Å². The van der Waals surface area contributed by atoms with Gasteiger partial charge in [0.05, 0.1) is 25.9 Å². The van der Waals surface area contributed by atoms with Crippen molar-refractivity contribution >= 4 is 17.3 Å². The highest BCUT2D eigenvalue weighted by molar-refractivity contribution is 7.11. The van der Waals surface area contributed by atoms with Gasteiger partial charge in [-0.25, -0.2) is 4.99 Å². The van der Waals surface area contributed by atoms with Crippen molar-refractivity contribution in [2.75, 3.05) is 26.2 Å². The summed E-state index contributed by atoms with van der Waals surface area (Å²) in [5.41, 5.74) is 1.12. The number of hydrogen-bond acceptors (Lipinski definition) is 4. The molecular weight excluding hydrogens is 322 g/mol. The lowest BCUT2D eigenvalue weighted by Crippen LogP contribution is -2.48. The summed E-state index contributed by atoms with van der Waals surface area (Å²) in [5.74, 6) is 0.959. The minimum Gasteiger partial charge on any atom is -0.370 e. The van der Waals surface area contributed by atoms with Crippen LogP contribution >= 0.6 is 11.3 Å². The maximum absolute atomic E-state index is 5.93. The molecule has 2 aromatic heterocycles. The van der Waals surface area contributed by atoms with Crippen LogP contribution in [-0.4, -0.2) is 46.9 Å². The molecule has 0 saturated carbocycles. The summed E-state index contributed by atoms with van der Waals surface area (Å²) in [7, 11) is 1.93. The van der Waals surface area contributed by atoms with E-state index in [1.807, 2.05) is 24.1 Å². The first-order valence-electron chi connectivity index (χ1n) is 8.34. The molecule has 1 aliphatic heterocycles. The van der Waals surface area contributed by atoms with Crippen molar-refractivity contribution in [3.8, 4) is 0 Å². The van der Waals surface area contributed by atoms with Crippen LogP contribution in [0, 0.1) is 6.92 Å². The van der Waals surface area contributed by atoms with Crippen molar-refractivity contribution in [3.63, 3.8) is 0 Å². The third kappa shape index (κ3) is 4.15. The van der Waals surface area contributed by atoms with Gasteiger partial charge in [-0.05, 0) is 26.0 Å². The predicted molar refractivity (Wildman–Crippen MR) is 97.3 cm³/mol. The first-order chi connectivity index (χ1) is 11.7. The minimum atomic E-state index is 0.0419. The first kappa shape index (κ1) is 17.0. The van der Waals surface area contributed by atoms with Crippen LogP contribution in [0.3, 0.4) is 0 Å². The zero-order chi connectivity index (χ0) is 16.9. The molecule has 0 aromatic carbocycles. The van der Waals surface area contributed by atoms with Crippen LogP contribution in [-0.2, 0) is 18.3 Å². The van der Waals surface area contributed by atoms with E-state index in [1.165, 1.54) is 9.75 Å². The summed E-state index contributed by atoms with van der Waals surface area (Å²) in [6, 6.07) is 4.31. The highest BCUT2D eigenvalue weighted by Gasteiger charge is 2.25. The molecule has 130 valence electrons. The number of aromatic nitrogens is 2. The van der Waals surface area contributed by atoms with Crippen LogP contribution in [0.1, 0.15) is 28.3 Å². The highest BCUT2D eigenvalue weighted by atomic mass is 32.1. The number of aliphatic imine (C=N–C) groups is 1. The van der Waals surface area contributed by atoms with E-state index in [4.69, 9.17) is 9.73 Å². The molecule has 1 saturated heterocycles. The second-order valence-corrected chi connectivity index (χ2v) is 7.31. The number of nitrogens with zero attached hydrogens (tertiary/aromatic N) is 4. The molecule has 1 atom stereocenters. The van der Waals surface area contributed by atoms with E-state index >= 15 is 0 Å². The van der Waals surface area contributed by atoms with Gasteiger partial charge in [-0.3, -0.25) is 4.68 Å². The molecular formula is C17H25N5OS. The largest absolute Gasteiger partial charge is 0.370 e. The number of hydrogen-bond donors (Lipinski definition) is 1. The molecule has 0 amide bonds. The van der Waals surface area contributed by atoms with Gasteiger partial charge in [0.1, 0.15) is 6.10 Å². The fraction of sp³-hybridized carbons (Fsp3) is 0.529. The van der Waals surface area contributed by atoms with Gasteiger partial charge in [-0.15, -0.1) is 11.3 Å². The zero-order valence-electron chi connectivity index (χ0n) is 14.5. The molecule has 3 heterocycles. The van der Waals surface area contributed by atoms with E-state index in [0.29, 0.717) is 6.61 Å². The summed E-state index contributed by atoms with van der Waals surface area (Å²) in [6.45, 7) is 8.15. The van der Waals surface area contributed by atoms with Gasteiger partial charge in [0, 0.05) is 41.7 Å². The molecule has 1 aliphatic rings. The average Bonchev–Trinajstić information content (AvgIpc) is 3.20. The Morgan fingerprint density at radius 2 is 2.38 bits per heavy atom. The molecule has 0 aliphatic carbocycles. The number of aryl methyl sites for hydroxylation is 2. The van der Waals surface area contributed by atoms with Crippen LogP contribution in [0.4, 0.5) is 0 Å². The summed E-state index contributed by atoms with van der Waals surface area (Å²) >= 11 is 1.81. The number of morpholine rings is 1. The van der Waals surface area contributed by atoms with Crippen molar-refractivity contribution in [1.29, 1.82) is 0 Å². The lowest BCUT2D eigenvalue weighted by molar-refractivity contribution is -0.00805. The summed E-state index contributed by atoms with van der Waals surface area (Å²) < 4.78 is 7.74. The third-order valence-electron chi connectivity index (χ3n) is 3.98. The topological polar surface area (TPSA) is 54.7 Å². The van der Waals surface area contributed by atoms with Crippen molar-refractivity contribution in [2.24, 2.45) is 12.0 Å². The molecule has 0 spiro atoms. The van der Waals surface area contributed by atoms with Crippen LogP contribution in [0.25, 0.3) is 0 Å². The molecule has 0 radical (unpaired) electrons. The smallest absolute Gasteiger partial charge is 0.194 e. The van der Waals surface area contributed by atoms with Gasteiger partial charge >= 0.3 is 0 Å². The van der Waals surface area contributed by atoms with E-state index in [0.717, 1.165) is 37.7 Å². The first-order valence-corrected chi connectivity index (χ1v) is 9.16. The van der Waals surface area contributed by atoms with Crippen molar-refractivity contribution in [1.82, 2.24) is 20.0 Å². The third-order valence-corrected chi connectivity index (χ3v) is 4.96. The summed E-state index contributed by atoms with van der Waals surface area (Å²) in [5, 5.41) is 7.66. The Morgan fingerprint density at radius 1 is 1.50 bits per heavy atom. The lowest BCUT2D eigenvalue weighted by Gasteiger charge is -2.34. The van der Waals surface area contributed by atoms with E-state index < -0.39 is 0 Å². The molecule has 6 nitrogen and oxygen atoms in total. The van der Waals surface area contributed by atoms with E-state index in [2.05, 4.69) is 41.3 Å². The van der Waals surface area contributed by atoms with Gasteiger partial charge in [0.25, 0.3) is 0 Å². The Bertz CT molecular complexity index is 693. The molecule has 3 rings (SSSR count). The Morgan fingerprint density at radius 3 is 3.04 bits per heavy atom. The number of ether oxygens (including phenoxy) is 1. The van der Waals surface area contributed by atoms with E-state index in [1.54, 1.807) is 11.3 Å². The highest BCUT2D eigenvalue weighted by Crippen LogP contribution is 2.22. The fourth-order valence-electron chi connectivity index (χ4n) is 2.80. The molecule has 1 N–H and O–H groups in total. The zero-order valence-corrected chi connectivity index (χ0v) is 15.3. The molecule has 1 unspecified atom stereocenters. The second kappa shape index (κ2) is 7.81. The van der Waals surface area contributed by atoms with Crippen molar-refractivity contribution in [2.45, 2.75) is 26.5 Å². The Labute approximate surface area is 147 Å². The SMILES string of the molecule is CCNC(=NCc1ccc(C)s1)N1CCOC(c2cnn(C)c2)C1. The van der Waals surface area contributed by atoms with E-state index in [-0.39, 0.29) is 6.10 Å². The maximum atomic E-state index is 5.93. The fourth-order valence-corrected chi connectivity index (χ4v) is 3.61. The Balaban J connectivity index is 1.70. The molecule has 24 heavy (non-hydrogen) atoms. The molecule has 0 bridgehead atoms. The lowest BCUT2D eigenvalue weighted by atomic mass is 10.1. The van der Waals surface area contributed by atoms with Gasteiger partial charge < -0.3 is 15.0 Å². The van der Waals surface area contributed by atoms with Gasteiger partial charge in [0.15, 0.2) is 5.96 Å². The Hall–Kier alpha value is -1.86. The minimum absolute atomic E-state index is 0.0419. The monoisotopic (exact) mass is 347 g/mol. The van der Waals surface area contributed by atoms with Crippen molar-refractivity contribution in [3.05, 3.63) is 39.8 Å². The predicted octanol–water partition coefficient (Wildman–Crippen LogP) is 2.33. The van der Waals surface area contributed by atoms with Gasteiger partial charge in [-0.2, -0.15) is 5.10 Å². The molecule has 1 fully saturated rings. The number of nitrogens with one attached hydrogen (secondary N) is 1. The summed E-state index contributed by atoms with van der Waals surface area (Å²) in [6.07, 6.45) is 3.94. The second-order valence-electron chi connectivity index (χ2n) is 5.94. The average molecular weight is 347 g/mol. The Kier molecular flexibility index (Phi) is 5.52. The van der Waals surface area contributed by atoms with Crippen LogP contribution in [0.15, 0.2) is 29.5 Å². The number of guanidine groups is 1. The van der Waals surface area contributed by atoms with Gasteiger partial charge in [-0.1, -0.05) is 0 Å². The standard InChI is InChI=1S/C17H25N5OS/c1-4-18-17(19-10-15-6-5-13(2)24-15)22-7-8-23-16(12-22)14-9-20-21(3)11-14/h5-6,9,11,16H,4,7-8,10,12H2,1-3H3,(H,18,19). The number of rotatable bonds is 4. The van der Waals surface area contributed by atoms with Crippen LogP contribution < -0.4 is 5.32 Å². The quantitative estimate of drug-likeness (QED) is 0.681.